The second-order valence-corrected chi connectivity index (χ2v) is 10.8. The van der Waals surface area contributed by atoms with Crippen LogP contribution in [0.4, 0.5) is 0 Å². The normalized spacial score (nSPS) is 23.0. The minimum Gasteiger partial charge on any atom is -0.346 e. The Balaban J connectivity index is 1.52. The summed E-state index contributed by atoms with van der Waals surface area (Å²) in [7, 11) is 1.93. The maximum atomic E-state index is 9.56. The van der Waals surface area contributed by atoms with Gasteiger partial charge in [-0.1, -0.05) is 35.9 Å². The Kier molecular flexibility index (Phi) is 5.40. The molecule has 0 spiro atoms. The average molecular weight is 486 g/mol. The van der Waals surface area contributed by atoms with Gasteiger partial charge in [-0.2, -0.15) is 10.5 Å². The molecule has 1 aliphatic carbocycles. The molecule has 2 fully saturated rings. The summed E-state index contributed by atoms with van der Waals surface area (Å²) in [4.78, 5) is 3.05. The van der Waals surface area contributed by atoms with Crippen molar-refractivity contribution < 1.29 is 0 Å². The van der Waals surface area contributed by atoms with Gasteiger partial charge in [-0.25, -0.2) is 0 Å². The topological polar surface area (TPSA) is 86.7 Å². The Morgan fingerprint density at radius 2 is 1.85 bits per heavy atom. The van der Waals surface area contributed by atoms with E-state index >= 15 is 0 Å². The molecule has 2 aromatic carbocycles. The lowest BCUT2D eigenvalue weighted by molar-refractivity contribution is 0.244. The lowest BCUT2D eigenvalue weighted by Gasteiger charge is -2.46. The summed E-state index contributed by atoms with van der Waals surface area (Å²) in [5, 5.41) is 33.4. The third-order valence-corrected chi connectivity index (χ3v) is 8.60. The van der Waals surface area contributed by atoms with Crippen molar-refractivity contribution in [2.45, 2.75) is 36.6 Å². The van der Waals surface area contributed by atoms with Crippen molar-refractivity contribution in [3.8, 4) is 23.3 Å². The molecule has 170 valence electrons. The fourth-order valence-corrected chi connectivity index (χ4v) is 6.18. The number of nitrogens with one attached hydrogen (secondary N) is 2. The monoisotopic (exact) mass is 485 g/mol. The second kappa shape index (κ2) is 8.17. The van der Waals surface area contributed by atoms with Gasteiger partial charge in [-0.05, 0) is 71.7 Å². The van der Waals surface area contributed by atoms with Crippen LogP contribution in [-0.4, -0.2) is 24.5 Å². The van der Waals surface area contributed by atoms with Crippen LogP contribution in [0.5, 0.6) is 0 Å². The number of halogens is 1. The van der Waals surface area contributed by atoms with Gasteiger partial charge < -0.3 is 10.2 Å². The van der Waals surface area contributed by atoms with Gasteiger partial charge >= 0.3 is 0 Å². The minimum absolute atomic E-state index is 0.0958. The summed E-state index contributed by atoms with van der Waals surface area (Å²) >= 11 is 7.89. The third kappa shape index (κ3) is 3.74. The number of hydrogen-bond donors (Lipinski definition) is 2. The van der Waals surface area contributed by atoms with Gasteiger partial charge in [0.1, 0.15) is 0 Å². The van der Waals surface area contributed by atoms with Crippen molar-refractivity contribution in [2.75, 3.05) is 13.6 Å². The first-order valence-corrected chi connectivity index (χ1v) is 12.4. The molecule has 7 heteroatoms. The number of hydrogen-bond acceptors (Lipinski definition) is 4. The van der Waals surface area contributed by atoms with Gasteiger partial charge in [0.15, 0.2) is 5.96 Å². The van der Waals surface area contributed by atoms with Crippen molar-refractivity contribution in [2.24, 2.45) is 0 Å². The third-order valence-electron chi connectivity index (χ3n) is 7.21. The molecule has 2 N–H and O–H groups in total. The maximum absolute atomic E-state index is 9.56. The summed E-state index contributed by atoms with van der Waals surface area (Å²) in [5.41, 5.74) is 3.93. The predicted octanol–water partition coefficient (Wildman–Crippen LogP) is 5.96. The van der Waals surface area contributed by atoms with Gasteiger partial charge in [0.05, 0.1) is 28.7 Å². The molecule has 5 nitrogen and oxygen atoms in total. The zero-order valence-electron chi connectivity index (χ0n) is 19.0. The molecule has 1 saturated carbocycles. The Morgan fingerprint density at radius 1 is 1.12 bits per heavy atom. The number of rotatable bonds is 4. The first kappa shape index (κ1) is 22.5. The number of benzene rings is 2. The van der Waals surface area contributed by atoms with Crippen molar-refractivity contribution >= 4 is 28.9 Å². The number of likely N-dealkylation sites (N-methyl/N-ethyl adjacent to an activating group) is 1. The van der Waals surface area contributed by atoms with Crippen LogP contribution in [-0.2, 0) is 11.0 Å². The first-order chi connectivity index (χ1) is 16.3. The molecule has 1 aromatic heterocycles. The SMILES string of the molecule is CN1C[C@H](c2ccc(C3(C#N)CC3)cc2)[C@@](C)(c2cc(-c3cc(Cl)cc(C#N)c3)cs2)NC1=N. The Morgan fingerprint density at radius 3 is 2.50 bits per heavy atom. The average Bonchev–Trinajstić information content (AvgIpc) is 3.47. The van der Waals surface area contributed by atoms with Crippen molar-refractivity contribution in [3.63, 3.8) is 0 Å². The summed E-state index contributed by atoms with van der Waals surface area (Å²) in [6.07, 6.45) is 1.86. The molecule has 0 unspecified atom stereocenters. The van der Waals surface area contributed by atoms with Crippen LogP contribution >= 0.6 is 22.9 Å². The lowest BCUT2D eigenvalue weighted by Crippen LogP contribution is -2.59. The van der Waals surface area contributed by atoms with Crippen LogP contribution in [0.25, 0.3) is 11.1 Å². The number of thiophene rings is 1. The summed E-state index contributed by atoms with van der Waals surface area (Å²) in [5.74, 6) is 0.486. The highest BCUT2D eigenvalue weighted by Crippen LogP contribution is 2.49. The van der Waals surface area contributed by atoms with E-state index in [4.69, 9.17) is 17.0 Å². The van der Waals surface area contributed by atoms with E-state index in [-0.39, 0.29) is 11.3 Å². The molecule has 2 heterocycles. The molecule has 0 radical (unpaired) electrons. The van der Waals surface area contributed by atoms with E-state index < -0.39 is 5.54 Å². The van der Waals surface area contributed by atoms with Crippen molar-refractivity contribution in [1.29, 1.82) is 15.9 Å². The zero-order chi connectivity index (χ0) is 24.1. The van der Waals surface area contributed by atoms with Gasteiger partial charge in [-0.3, -0.25) is 5.41 Å². The fraction of sp³-hybridized carbons (Fsp3) is 0.296. The van der Waals surface area contributed by atoms with Crippen LogP contribution in [0.15, 0.2) is 53.9 Å². The second-order valence-electron chi connectivity index (χ2n) is 9.47. The lowest BCUT2D eigenvalue weighted by atomic mass is 9.77. The van der Waals surface area contributed by atoms with E-state index in [0.717, 1.165) is 34.4 Å². The molecule has 0 bridgehead atoms. The van der Waals surface area contributed by atoms with E-state index in [0.29, 0.717) is 23.1 Å². The predicted molar refractivity (Wildman–Crippen MR) is 136 cm³/mol. The van der Waals surface area contributed by atoms with Crippen molar-refractivity contribution in [3.05, 3.63) is 80.5 Å². The number of nitriles is 2. The molecular formula is C27H24ClN5S. The molecule has 1 aliphatic heterocycles. The highest BCUT2D eigenvalue weighted by molar-refractivity contribution is 7.10. The van der Waals surface area contributed by atoms with Crippen LogP contribution in [0.3, 0.4) is 0 Å². The molecule has 34 heavy (non-hydrogen) atoms. The van der Waals surface area contributed by atoms with E-state index in [1.165, 1.54) is 5.56 Å². The standard InChI is InChI=1S/C27H24ClN5S/c1-26(24-12-20(15-34-24)19-9-17(13-29)10-22(28)11-19)23(14-33(2)25(31)32-26)18-3-5-21(6-4-18)27(16-30)7-8-27/h3-6,9-12,15,23H,7-8,14H2,1-2H3,(H2,31,32)/t23-,26+/m1/s1. The van der Waals surface area contributed by atoms with Crippen LogP contribution < -0.4 is 5.32 Å². The Bertz CT molecular complexity index is 1360. The maximum Gasteiger partial charge on any atom is 0.191 e. The van der Waals surface area contributed by atoms with E-state index in [1.807, 2.05) is 24.1 Å². The largest absolute Gasteiger partial charge is 0.346 e. The summed E-state index contributed by atoms with van der Waals surface area (Å²) in [6.45, 7) is 2.85. The fourth-order valence-electron chi connectivity index (χ4n) is 4.85. The molecule has 2 atom stereocenters. The van der Waals surface area contributed by atoms with E-state index in [1.54, 1.807) is 17.4 Å². The number of guanidine groups is 1. The van der Waals surface area contributed by atoms with Crippen LogP contribution in [0.2, 0.25) is 5.02 Å². The molecule has 1 saturated heterocycles. The highest BCUT2D eigenvalue weighted by atomic mass is 35.5. The Hall–Kier alpha value is -3.32. The smallest absolute Gasteiger partial charge is 0.191 e. The minimum atomic E-state index is -0.489. The molecule has 3 aromatic rings. The molecular weight excluding hydrogens is 462 g/mol. The molecule has 5 rings (SSSR count). The molecule has 2 aliphatic rings. The van der Waals surface area contributed by atoms with Gasteiger partial charge in [0.25, 0.3) is 0 Å². The van der Waals surface area contributed by atoms with Gasteiger partial charge in [0.2, 0.25) is 0 Å². The van der Waals surface area contributed by atoms with E-state index in [9.17, 15) is 10.5 Å². The van der Waals surface area contributed by atoms with Gasteiger partial charge in [0, 0.05) is 29.4 Å². The molecule has 0 amide bonds. The quantitative estimate of drug-likeness (QED) is 0.477. The van der Waals surface area contributed by atoms with Crippen molar-refractivity contribution in [1.82, 2.24) is 10.2 Å². The van der Waals surface area contributed by atoms with Crippen LogP contribution in [0.1, 0.15) is 47.3 Å². The van der Waals surface area contributed by atoms with Gasteiger partial charge in [-0.15, -0.1) is 11.3 Å². The highest BCUT2D eigenvalue weighted by Gasteiger charge is 2.46. The van der Waals surface area contributed by atoms with Crippen LogP contribution in [0, 0.1) is 28.1 Å². The summed E-state index contributed by atoms with van der Waals surface area (Å²) < 4.78 is 0. The first-order valence-electron chi connectivity index (χ1n) is 11.2. The zero-order valence-corrected chi connectivity index (χ0v) is 20.6. The number of nitrogens with zero attached hydrogens (tertiary/aromatic N) is 3. The Labute approximate surface area is 208 Å². The summed E-state index contributed by atoms with van der Waals surface area (Å²) in [6, 6.07) is 20.7. The van der Waals surface area contributed by atoms with E-state index in [2.05, 4.69) is 60.1 Å².